The SMILES string of the molecule is CCO[C@H]1CN(C)C(=O)[C@@H]2C[C@@H](CN2c2nc(N3C4CC3CN(C(=O)C(F)F)C4)nc3c2cnn3-c2ccc(F)cc2F)Oc2nccc(n2)-c2cc(F)cc3nc(C)n(c23)C1. The Bertz CT molecular complexity index is 2760. The topological polar surface area (TPSA) is 153 Å². The van der Waals surface area contributed by atoms with Crippen LogP contribution in [0.3, 0.4) is 0 Å². The Morgan fingerprint density at radius 3 is 2.52 bits per heavy atom. The molecule has 62 heavy (non-hydrogen) atoms. The number of aromatic nitrogens is 8. The molecule has 2 unspecified atom stereocenters. The number of carbonyl (C=O) groups excluding carboxylic acids is 2. The number of rotatable bonds is 6. The Kier molecular flexibility index (Phi) is 9.67. The third kappa shape index (κ3) is 6.68. The molecule has 3 saturated heterocycles. The lowest BCUT2D eigenvalue weighted by atomic mass is 9.88. The smallest absolute Gasteiger partial charge is 0.317 e. The number of alkyl halides is 2. The maximum atomic E-state index is 15.4. The molecule has 0 N–H and O–H groups in total. The third-order valence-electron chi connectivity index (χ3n) is 12.1. The van der Waals surface area contributed by atoms with Crippen LogP contribution in [0.1, 0.15) is 25.6 Å². The first kappa shape index (κ1) is 39.6. The van der Waals surface area contributed by atoms with Crippen LogP contribution in [0.4, 0.5) is 33.7 Å². The molecule has 0 saturated carbocycles. The van der Waals surface area contributed by atoms with E-state index in [4.69, 9.17) is 24.4 Å². The van der Waals surface area contributed by atoms with Gasteiger partial charge in [0.1, 0.15) is 41.1 Å². The van der Waals surface area contributed by atoms with Gasteiger partial charge in [-0.15, -0.1) is 0 Å². The fraction of sp³-hybridized carbons (Fsp3) is 0.415. The van der Waals surface area contributed by atoms with E-state index >= 15 is 8.78 Å². The summed E-state index contributed by atoms with van der Waals surface area (Å²) in [4.78, 5) is 57.1. The molecule has 0 spiro atoms. The molecule has 10 rings (SSSR count). The number of piperazine rings is 1. The average molecular weight is 859 g/mol. The number of hydrogen-bond donors (Lipinski definition) is 0. The van der Waals surface area contributed by atoms with E-state index in [1.165, 1.54) is 35.3 Å². The van der Waals surface area contributed by atoms with Crippen LogP contribution < -0.4 is 14.5 Å². The van der Waals surface area contributed by atoms with Gasteiger partial charge in [0.05, 0.1) is 59.6 Å². The van der Waals surface area contributed by atoms with Gasteiger partial charge in [-0.25, -0.2) is 27.8 Å². The minimum atomic E-state index is -3.15. The molecule has 4 aliphatic heterocycles. The second kappa shape index (κ2) is 15.1. The highest BCUT2D eigenvalue weighted by atomic mass is 19.3. The molecule has 4 aliphatic rings. The first-order valence-corrected chi connectivity index (χ1v) is 20.2. The van der Waals surface area contributed by atoms with Crippen molar-refractivity contribution in [3.8, 4) is 23.0 Å². The number of carbonyl (C=O) groups is 2. The molecular weight excluding hydrogens is 820 g/mol. The van der Waals surface area contributed by atoms with E-state index in [1.807, 2.05) is 23.3 Å². The first-order chi connectivity index (χ1) is 29.8. The maximum absolute atomic E-state index is 15.4. The van der Waals surface area contributed by atoms with Gasteiger partial charge in [0.25, 0.3) is 5.91 Å². The molecule has 0 aliphatic carbocycles. The summed E-state index contributed by atoms with van der Waals surface area (Å²) < 4.78 is 87.4. The minimum Gasteiger partial charge on any atom is -0.458 e. The van der Waals surface area contributed by atoms with E-state index in [0.717, 1.165) is 17.0 Å². The maximum Gasteiger partial charge on any atom is 0.317 e. The van der Waals surface area contributed by atoms with Gasteiger partial charge in [0, 0.05) is 63.6 Å². The Hall–Kier alpha value is -6.51. The number of piperidine rings is 1. The summed E-state index contributed by atoms with van der Waals surface area (Å²) in [5.41, 5.74) is 1.96. The number of amides is 2. The number of nitrogens with zero attached hydrogens (tertiary/aromatic N) is 12. The quantitative estimate of drug-likeness (QED) is 0.220. The number of likely N-dealkylation sites (N-methyl/N-ethyl adjacent to an activating group) is 1. The van der Waals surface area contributed by atoms with Gasteiger partial charge in [-0.1, -0.05) is 0 Å². The van der Waals surface area contributed by atoms with Crippen LogP contribution in [-0.2, 0) is 20.9 Å². The largest absolute Gasteiger partial charge is 0.458 e. The van der Waals surface area contributed by atoms with E-state index in [9.17, 15) is 22.8 Å². The summed E-state index contributed by atoms with van der Waals surface area (Å²) in [6.07, 6.45) is -0.703. The summed E-state index contributed by atoms with van der Waals surface area (Å²) in [6.45, 7) is 4.53. The lowest BCUT2D eigenvalue weighted by molar-refractivity contribution is -0.146. The first-order valence-electron chi connectivity index (χ1n) is 20.2. The van der Waals surface area contributed by atoms with Crippen molar-refractivity contribution >= 4 is 45.6 Å². The zero-order valence-electron chi connectivity index (χ0n) is 33.6. The number of hydrogen-bond acceptors (Lipinski definition) is 12. The van der Waals surface area contributed by atoms with E-state index in [1.54, 1.807) is 22.9 Å². The molecular formula is C41H39F5N12O4. The molecule has 2 aromatic carbocycles. The summed E-state index contributed by atoms with van der Waals surface area (Å²) in [5.74, 6) is -2.75. The fourth-order valence-corrected chi connectivity index (χ4v) is 9.37. The average Bonchev–Trinajstić information content (AvgIpc) is 3.94. The predicted octanol–water partition coefficient (Wildman–Crippen LogP) is 4.31. The van der Waals surface area contributed by atoms with Crippen LogP contribution in [0.25, 0.3) is 39.0 Å². The zero-order chi connectivity index (χ0) is 43.1. The molecule has 322 valence electrons. The number of imidazole rings is 1. The van der Waals surface area contributed by atoms with Crippen molar-refractivity contribution in [1.29, 1.82) is 0 Å². The van der Waals surface area contributed by atoms with Crippen LogP contribution in [-0.4, -0.2) is 137 Å². The third-order valence-corrected chi connectivity index (χ3v) is 12.1. The lowest BCUT2D eigenvalue weighted by Crippen LogP contribution is -2.70. The van der Waals surface area contributed by atoms with Crippen molar-refractivity contribution in [1.82, 2.24) is 49.1 Å². The standard InChI is InChI=1S/C41H39F5N12O4/c1-4-61-26-17-53(3)38(59)33-13-25(62-41-47-8-7-30(50-41)27-9-22(43)11-31-34(27)55(19-26)20(2)49-31)18-56(33)36-28-14-48-58(32-6-5-21(42)10-29(32)44)37(28)52-40(51-36)57-23-12-24(57)16-54(15-23)39(60)35(45)46/h5-11,14,23-26,33,35H,4,12-13,15-19H2,1-3H3/t23?,24?,25-,26-,33-/m0/s1. The zero-order valence-corrected chi connectivity index (χ0v) is 33.6. The van der Waals surface area contributed by atoms with Gasteiger partial charge in [-0.3, -0.25) is 9.59 Å². The number of halogens is 5. The van der Waals surface area contributed by atoms with Gasteiger partial charge in [0.15, 0.2) is 11.5 Å². The second-order valence-corrected chi connectivity index (χ2v) is 16.0. The van der Waals surface area contributed by atoms with Crippen molar-refractivity contribution in [3.63, 3.8) is 0 Å². The fourth-order valence-electron chi connectivity index (χ4n) is 9.37. The van der Waals surface area contributed by atoms with Crippen LogP contribution in [0.2, 0.25) is 0 Å². The van der Waals surface area contributed by atoms with Crippen LogP contribution >= 0.6 is 0 Å². The van der Waals surface area contributed by atoms with Crippen LogP contribution in [0.15, 0.2) is 48.8 Å². The number of fused-ring (bicyclic) bond motifs is 8. The van der Waals surface area contributed by atoms with Crippen LogP contribution in [0, 0.1) is 24.4 Å². The van der Waals surface area contributed by atoms with Crippen molar-refractivity contribution in [2.45, 2.75) is 70.0 Å². The number of anilines is 2. The summed E-state index contributed by atoms with van der Waals surface area (Å²) in [6, 6.07) is 5.72. The van der Waals surface area contributed by atoms with Crippen LogP contribution in [0.5, 0.6) is 6.01 Å². The Morgan fingerprint density at radius 2 is 1.76 bits per heavy atom. The molecule has 3 fully saturated rings. The van der Waals surface area contributed by atoms with E-state index in [0.29, 0.717) is 46.5 Å². The second-order valence-electron chi connectivity index (χ2n) is 16.0. The molecule has 0 radical (unpaired) electrons. The monoisotopic (exact) mass is 858 g/mol. The van der Waals surface area contributed by atoms with E-state index in [-0.39, 0.29) is 74.2 Å². The normalized spacial score (nSPS) is 22.6. The summed E-state index contributed by atoms with van der Waals surface area (Å²) in [5, 5.41) is 4.79. The molecule has 21 heteroatoms. The van der Waals surface area contributed by atoms with Crippen molar-refractivity contribution in [2.24, 2.45) is 0 Å². The highest BCUT2D eigenvalue weighted by Gasteiger charge is 2.49. The van der Waals surface area contributed by atoms with Gasteiger partial charge < -0.3 is 33.6 Å². The van der Waals surface area contributed by atoms with E-state index in [2.05, 4.69) is 15.1 Å². The molecule has 5 atom stereocenters. The highest BCUT2D eigenvalue weighted by Crippen LogP contribution is 2.40. The Balaban J connectivity index is 1.09. The van der Waals surface area contributed by atoms with Gasteiger partial charge in [-0.2, -0.15) is 28.8 Å². The molecule has 2 amide bonds. The summed E-state index contributed by atoms with van der Waals surface area (Å²) in [7, 11) is 1.68. The van der Waals surface area contributed by atoms with E-state index < -0.39 is 60.1 Å². The minimum absolute atomic E-state index is 0.00901. The van der Waals surface area contributed by atoms with Gasteiger partial charge in [-0.05, 0) is 44.5 Å². The Morgan fingerprint density at radius 1 is 0.952 bits per heavy atom. The molecule has 6 aromatic rings. The summed E-state index contributed by atoms with van der Waals surface area (Å²) >= 11 is 0. The number of benzene rings is 2. The molecule has 4 aromatic heterocycles. The van der Waals surface area contributed by atoms with Crippen molar-refractivity contribution in [2.75, 3.05) is 49.6 Å². The lowest BCUT2D eigenvalue weighted by Gasteiger charge is -2.56. The van der Waals surface area contributed by atoms with Gasteiger partial charge in [0.2, 0.25) is 11.9 Å². The van der Waals surface area contributed by atoms with Crippen molar-refractivity contribution in [3.05, 3.63) is 72.1 Å². The number of ether oxygens (including phenoxy) is 2. The number of likely N-dealkylation sites (tertiary alicyclic amines) is 1. The van der Waals surface area contributed by atoms with Crippen molar-refractivity contribution < 1.29 is 41.0 Å². The predicted molar refractivity (Wildman–Crippen MR) is 213 cm³/mol. The highest BCUT2D eigenvalue weighted by molar-refractivity contribution is 5.94. The Labute approximate surface area is 349 Å². The molecule has 16 nitrogen and oxygen atoms in total. The molecule has 8 heterocycles. The molecule has 6 bridgehead atoms. The van der Waals surface area contributed by atoms with Gasteiger partial charge >= 0.3 is 12.4 Å². The number of aryl methyl sites for hydroxylation is 1.